The predicted molar refractivity (Wildman–Crippen MR) is 128 cm³/mol. The van der Waals surface area contributed by atoms with Crippen LogP contribution in [-0.2, 0) is 20.9 Å². The monoisotopic (exact) mass is 484 g/mol. The highest BCUT2D eigenvalue weighted by Crippen LogP contribution is 2.31. The summed E-state index contributed by atoms with van der Waals surface area (Å²) < 4.78 is 10.8. The molecule has 188 valence electrons. The minimum absolute atomic E-state index is 0.0225. The summed E-state index contributed by atoms with van der Waals surface area (Å²) in [5.74, 6) is -1.68. The Morgan fingerprint density at radius 3 is 2.31 bits per heavy atom. The number of rotatable bonds is 7. The molecule has 10 nitrogen and oxygen atoms in total. The number of hydrogen-bond donors (Lipinski definition) is 1. The largest absolute Gasteiger partial charge is 0.476 e. The van der Waals surface area contributed by atoms with Crippen LogP contribution in [0.2, 0.25) is 0 Å². The maximum atomic E-state index is 12.5. The molecule has 1 atom stereocenters. The molecule has 0 aliphatic carbocycles. The molecule has 1 saturated heterocycles. The van der Waals surface area contributed by atoms with Crippen LogP contribution in [0.5, 0.6) is 0 Å². The molecule has 1 N–H and O–H groups in total. The Labute approximate surface area is 204 Å². The van der Waals surface area contributed by atoms with Gasteiger partial charge in [0.25, 0.3) is 0 Å². The maximum absolute atomic E-state index is 12.5. The van der Waals surface area contributed by atoms with Gasteiger partial charge in [-0.3, -0.25) is 4.79 Å². The van der Waals surface area contributed by atoms with Crippen molar-refractivity contribution < 1.29 is 29.0 Å². The molecule has 2 aromatic rings. The number of piperazine rings is 1. The zero-order valence-corrected chi connectivity index (χ0v) is 20.6. The topological polar surface area (TPSA) is 122 Å². The second-order valence-electron chi connectivity index (χ2n) is 9.47. The van der Waals surface area contributed by atoms with Gasteiger partial charge >= 0.3 is 18.0 Å². The molecule has 0 spiro atoms. The molecule has 1 amide bonds. The summed E-state index contributed by atoms with van der Waals surface area (Å²) in [4.78, 5) is 48.7. The van der Waals surface area contributed by atoms with E-state index in [9.17, 15) is 19.5 Å². The standard InChI is InChI=1S/C25H32N4O6/c1-17(14-19(30)34-15-18-8-6-5-7-9-18)20-21(23(31)32)26-16-27-22(20)28-10-12-29(13-11-28)24(33)35-25(2,3)4/h5-9,16-17H,10-15H2,1-4H3,(H,31,32). The molecule has 1 aliphatic heterocycles. The van der Waals surface area contributed by atoms with Crippen LogP contribution in [0.15, 0.2) is 36.7 Å². The van der Waals surface area contributed by atoms with Gasteiger partial charge in [0.15, 0.2) is 5.69 Å². The number of benzene rings is 1. The summed E-state index contributed by atoms with van der Waals surface area (Å²) in [6, 6.07) is 9.33. The van der Waals surface area contributed by atoms with Gasteiger partial charge in [-0.15, -0.1) is 0 Å². The third-order valence-corrected chi connectivity index (χ3v) is 5.50. The predicted octanol–water partition coefficient (Wildman–Crippen LogP) is 3.47. The first kappa shape index (κ1) is 25.9. The molecule has 0 radical (unpaired) electrons. The van der Waals surface area contributed by atoms with Crippen LogP contribution in [0.25, 0.3) is 0 Å². The van der Waals surface area contributed by atoms with Crippen LogP contribution in [0.4, 0.5) is 10.6 Å². The average Bonchev–Trinajstić information content (AvgIpc) is 2.82. The van der Waals surface area contributed by atoms with Gasteiger partial charge < -0.3 is 24.4 Å². The number of nitrogens with zero attached hydrogens (tertiary/aromatic N) is 4. The lowest BCUT2D eigenvalue weighted by Crippen LogP contribution is -2.50. The van der Waals surface area contributed by atoms with Crippen molar-refractivity contribution in [2.24, 2.45) is 0 Å². The van der Waals surface area contributed by atoms with Crippen LogP contribution in [-0.4, -0.2) is 69.8 Å². The lowest BCUT2D eigenvalue weighted by Gasteiger charge is -2.37. The molecular weight excluding hydrogens is 452 g/mol. The van der Waals surface area contributed by atoms with E-state index in [1.165, 1.54) is 6.33 Å². The van der Waals surface area contributed by atoms with E-state index < -0.39 is 23.5 Å². The maximum Gasteiger partial charge on any atom is 0.410 e. The van der Waals surface area contributed by atoms with Gasteiger partial charge in [0.1, 0.15) is 24.4 Å². The van der Waals surface area contributed by atoms with Crippen molar-refractivity contribution >= 4 is 23.8 Å². The van der Waals surface area contributed by atoms with E-state index >= 15 is 0 Å². The number of esters is 1. The van der Waals surface area contributed by atoms with E-state index in [1.54, 1.807) is 11.8 Å². The first-order valence-corrected chi connectivity index (χ1v) is 11.6. The lowest BCUT2D eigenvalue weighted by atomic mass is 9.95. The van der Waals surface area contributed by atoms with Crippen molar-refractivity contribution in [3.05, 3.63) is 53.5 Å². The van der Waals surface area contributed by atoms with E-state index in [4.69, 9.17) is 9.47 Å². The Morgan fingerprint density at radius 1 is 1.06 bits per heavy atom. The zero-order chi connectivity index (χ0) is 25.6. The number of carbonyl (C=O) groups excluding carboxylic acids is 2. The highest BCUT2D eigenvalue weighted by atomic mass is 16.6. The number of aromatic carboxylic acids is 1. The Hall–Kier alpha value is -3.69. The number of ether oxygens (including phenoxy) is 2. The SMILES string of the molecule is CC(CC(=O)OCc1ccccc1)c1c(C(=O)O)ncnc1N1CCN(C(=O)OC(C)(C)C)CC1. The fourth-order valence-electron chi connectivity index (χ4n) is 3.84. The van der Waals surface area contributed by atoms with Crippen LogP contribution in [0, 0.1) is 0 Å². The second kappa shape index (κ2) is 11.2. The van der Waals surface area contributed by atoms with Gasteiger partial charge in [0, 0.05) is 31.7 Å². The number of carboxylic acids is 1. The zero-order valence-electron chi connectivity index (χ0n) is 20.6. The Balaban J connectivity index is 1.72. The van der Waals surface area contributed by atoms with Gasteiger partial charge in [-0.25, -0.2) is 19.6 Å². The van der Waals surface area contributed by atoms with E-state index in [-0.39, 0.29) is 24.8 Å². The average molecular weight is 485 g/mol. The van der Waals surface area contributed by atoms with Crippen LogP contribution in [0.3, 0.4) is 0 Å². The number of anilines is 1. The number of carboxylic acid groups (broad SMARTS) is 1. The van der Waals surface area contributed by atoms with E-state index in [2.05, 4.69) is 9.97 Å². The first-order valence-electron chi connectivity index (χ1n) is 11.6. The molecule has 1 aromatic heterocycles. The second-order valence-corrected chi connectivity index (χ2v) is 9.47. The molecule has 1 aliphatic rings. The van der Waals surface area contributed by atoms with Gasteiger partial charge in [0.05, 0.1) is 6.42 Å². The summed E-state index contributed by atoms with van der Waals surface area (Å²) in [5.41, 5.74) is 0.510. The summed E-state index contributed by atoms with van der Waals surface area (Å²) in [6.07, 6.45) is 0.801. The minimum Gasteiger partial charge on any atom is -0.476 e. The fraction of sp³-hybridized carbons (Fsp3) is 0.480. The normalized spacial score (nSPS) is 14.9. The molecule has 1 unspecified atom stereocenters. The van der Waals surface area contributed by atoms with Crippen molar-refractivity contribution in [1.82, 2.24) is 14.9 Å². The summed E-state index contributed by atoms with van der Waals surface area (Å²) in [7, 11) is 0. The summed E-state index contributed by atoms with van der Waals surface area (Å²) in [5, 5.41) is 9.75. The van der Waals surface area contributed by atoms with Gasteiger partial charge in [0.2, 0.25) is 0 Å². The molecule has 3 rings (SSSR count). The van der Waals surface area contributed by atoms with Gasteiger partial charge in [-0.05, 0) is 32.3 Å². The molecular formula is C25H32N4O6. The first-order chi connectivity index (χ1) is 16.5. The van der Waals surface area contributed by atoms with Crippen LogP contribution >= 0.6 is 0 Å². The third kappa shape index (κ3) is 7.14. The van der Waals surface area contributed by atoms with Crippen molar-refractivity contribution in [2.75, 3.05) is 31.1 Å². The molecule has 1 fully saturated rings. The Morgan fingerprint density at radius 2 is 1.71 bits per heavy atom. The van der Waals surface area contributed by atoms with E-state index in [0.29, 0.717) is 37.6 Å². The van der Waals surface area contributed by atoms with E-state index in [1.807, 2.05) is 56.0 Å². The molecule has 2 heterocycles. The third-order valence-electron chi connectivity index (χ3n) is 5.50. The Kier molecular flexibility index (Phi) is 8.26. The van der Waals surface area contributed by atoms with Crippen molar-refractivity contribution in [3.8, 4) is 0 Å². The molecule has 35 heavy (non-hydrogen) atoms. The van der Waals surface area contributed by atoms with Crippen LogP contribution < -0.4 is 4.90 Å². The number of carbonyl (C=O) groups is 3. The highest BCUT2D eigenvalue weighted by molar-refractivity contribution is 5.89. The number of hydrogen-bond acceptors (Lipinski definition) is 8. The van der Waals surface area contributed by atoms with E-state index in [0.717, 1.165) is 5.56 Å². The molecule has 0 saturated carbocycles. The lowest BCUT2D eigenvalue weighted by molar-refractivity contribution is -0.145. The van der Waals surface area contributed by atoms with Gasteiger partial charge in [-0.2, -0.15) is 0 Å². The van der Waals surface area contributed by atoms with Gasteiger partial charge in [-0.1, -0.05) is 37.3 Å². The van der Waals surface area contributed by atoms with Crippen molar-refractivity contribution in [1.29, 1.82) is 0 Å². The van der Waals surface area contributed by atoms with Crippen molar-refractivity contribution in [2.45, 2.75) is 52.2 Å². The van der Waals surface area contributed by atoms with Crippen molar-refractivity contribution in [3.63, 3.8) is 0 Å². The summed E-state index contributed by atoms with van der Waals surface area (Å²) in [6.45, 7) is 9.01. The fourth-order valence-corrected chi connectivity index (χ4v) is 3.84. The number of aromatic nitrogens is 2. The molecule has 1 aromatic carbocycles. The number of amides is 1. The molecule has 0 bridgehead atoms. The highest BCUT2D eigenvalue weighted by Gasteiger charge is 2.31. The minimum atomic E-state index is -1.19. The smallest absolute Gasteiger partial charge is 0.410 e. The van der Waals surface area contributed by atoms with Crippen LogP contribution in [0.1, 0.15) is 61.6 Å². The Bertz CT molecular complexity index is 1050. The quantitative estimate of drug-likeness (QED) is 0.589. The molecule has 10 heteroatoms. The summed E-state index contributed by atoms with van der Waals surface area (Å²) >= 11 is 0.